The summed E-state index contributed by atoms with van der Waals surface area (Å²) in [7, 11) is 0. The number of carbonyl (C=O) groups is 2. The predicted octanol–water partition coefficient (Wildman–Crippen LogP) is 3.25. The van der Waals surface area contributed by atoms with Crippen LogP contribution < -0.4 is 4.57 Å². The second kappa shape index (κ2) is 7.18. The zero-order valence-electron chi connectivity index (χ0n) is 12.5. The first-order chi connectivity index (χ1) is 10.5. The lowest BCUT2D eigenvalue weighted by atomic mass is 10.1. The summed E-state index contributed by atoms with van der Waals surface area (Å²) in [5.41, 5.74) is 1.02. The van der Waals surface area contributed by atoms with Crippen molar-refractivity contribution in [2.45, 2.75) is 19.9 Å². The number of hydrogen-bond acceptors (Lipinski definition) is 3. The van der Waals surface area contributed by atoms with Gasteiger partial charge < -0.3 is 4.74 Å². The van der Waals surface area contributed by atoms with E-state index in [4.69, 9.17) is 16.3 Å². The summed E-state index contributed by atoms with van der Waals surface area (Å²) in [5.74, 6) is -0.417. The van der Waals surface area contributed by atoms with Crippen LogP contribution >= 0.6 is 11.6 Å². The molecule has 0 amide bonds. The molecule has 0 aliphatic heterocycles. The van der Waals surface area contributed by atoms with E-state index < -0.39 is 6.04 Å². The predicted molar refractivity (Wildman–Crippen MR) is 83.1 cm³/mol. The quantitative estimate of drug-likeness (QED) is 0.483. The maximum absolute atomic E-state index is 12.4. The molecule has 0 aliphatic rings. The second-order valence-corrected chi connectivity index (χ2v) is 5.24. The van der Waals surface area contributed by atoms with Crippen molar-refractivity contribution in [1.29, 1.82) is 0 Å². The monoisotopic (exact) mass is 318 g/mol. The van der Waals surface area contributed by atoms with Gasteiger partial charge in [0.2, 0.25) is 11.8 Å². The molecule has 0 saturated carbocycles. The molecule has 1 aromatic heterocycles. The molecule has 4 nitrogen and oxygen atoms in total. The molecule has 1 atom stereocenters. The molecule has 2 rings (SSSR count). The van der Waals surface area contributed by atoms with E-state index in [9.17, 15) is 9.59 Å². The summed E-state index contributed by atoms with van der Waals surface area (Å²) >= 11 is 5.91. The minimum absolute atomic E-state index is 0.0450. The van der Waals surface area contributed by atoms with E-state index in [1.165, 1.54) is 0 Å². The van der Waals surface area contributed by atoms with Crippen LogP contribution in [0, 0.1) is 0 Å². The fourth-order valence-electron chi connectivity index (χ4n) is 2.07. The Morgan fingerprint density at radius 2 is 1.86 bits per heavy atom. The van der Waals surface area contributed by atoms with Gasteiger partial charge in [0.1, 0.15) is 0 Å². The van der Waals surface area contributed by atoms with Crippen LogP contribution in [0.5, 0.6) is 0 Å². The Morgan fingerprint density at radius 1 is 1.18 bits per heavy atom. The largest absolute Gasteiger partial charge is 0.462 e. The minimum Gasteiger partial charge on any atom is -0.462 e. The summed E-state index contributed by atoms with van der Waals surface area (Å²) in [6.45, 7) is 3.89. The number of ether oxygens (including phenoxy) is 1. The molecule has 5 heteroatoms. The van der Waals surface area contributed by atoms with Gasteiger partial charge in [0.25, 0.3) is 0 Å². The summed E-state index contributed by atoms with van der Waals surface area (Å²) in [6, 6.07) is 9.74. The number of aromatic nitrogens is 1. The van der Waals surface area contributed by atoms with Crippen LogP contribution in [0.1, 0.15) is 40.6 Å². The molecule has 0 fully saturated rings. The van der Waals surface area contributed by atoms with E-state index in [0.717, 1.165) is 0 Å². The van der Waals surface area contributed by atoms with Crippen LogP contribution in [-0.4, -0.2) is 18.4 Å². The first kappa shape index (κ1) is 16.2. The van der Waals surface area contributed by atoms with Crippen LogP contribution in [0.4, 0.5) is 0 Å². The normalized spacial score (nSPS) is 11.8. The summed E-state index contributed by atoms with van der Waals surface area (Å²) in [6.07, 6.45) is 3.39. The van der Waals surface area contributed by atoms with Gasteiger partial charge in [0, 0.05) is 29.6 Å². The van der Waals surface area contributed by atoms with Crippen molar-refractivity contribution >= 4 is 23.4 Å². The Balaban J connectivity index is 2.17. The molecule has 0 saturated heterocycles. The van der Waals surface area contributed by atoms with Crippen molar-refractivity contribution in [3.63, 3.8) is 0 Å². The van der Waals surface area contributed by atoms with Gasteiger partial charge in [-0.25, -0.2) is 4.79 Å². The SMILES string of the molecule is CCOC(=O)c1cc[n+]([C@H](C)C(=O)c2cccc(Cl)c2)cc1. The number of rotatable bonds is 5. The Morgan fingerprint density at radius 3 is 2.45 bits per heavy atom. The highest BCUT2D eigenvalue weighted by molar-refractivity contribution is 6.31. The third kappa shape index (κ3) is 3.71. The lowest BCUT2D eigenvalue weighted by molar-refractivity contribution is -0.704. The van der Waals surface area contributed by atoms with Gasteiger partial charge in [-0.1, -0.05) is 23.7 Å². The third-order valence-corrected chi connectivity index (χ3v) is 3.53. The number of ketones is 1. The average Bonchev–Trinajstić information content (AvgIpc) is 2.54. The fourth-order valence-corrected chi connectivity index (χ4v) is 2.26. The highest BCUT2D eigenvalue weighted by Crippen LogP contribution is 2.14. The van der Waals surface area contributed by atoms with E-state index in [1.54, 1.807) is 67.2 Å². The van der Waals surface area contributed by atoms with Crippen LogP contribution in [0.15, 0.2) is 48.8 Å². The van der Waals surface area contributed by atoms with E-state index >= 15 is 0 Å². The van der Waals surface area contributed by atoms with Gasteiger partial charge in [0.05, 0.1) is 12.2 Å². The summed E-state index contributed by atoms with van der Waals surface area (Å²) in [5, 5.41) is 0.528. The standard InChI is InChI=1S/C17H17ClNO3/c1-3-22-17(21)13-7-9-19(10-8-13)12(2)16(20)14-5-4-6-15(18)11-14/h4-12H,3H2,1-2H3/q+1/t12-/m1/s1. The molecule has 114 valence electrons. The molecular weight excluding hydrogens is 302 g/mol. The summed E-state index contributed by atoms with van der Waals surface area (Å²) in [4.78, 5) is 24.1. The fraction of sp³-hybridized carbons (Fsp3) is 0.235. The number of pyridine rings is 1. The molecule has 0 spiro atoms. The molecule has 0 radical (unpaired) electrons. The van der Waals surface area contributed by atoms with E-state index in [1.807, 2.05) is 0 Å². The van der Waals surface area contributed by atoms with E-state index in [-0.39, 0.29) is 11.8 Å². The van der Waals surface area contributed by atoms with Crippen LogP contribution in [0.2, 0.25) is 5.02 Å². The number of Topliss-reactive ketones (excluding diaryl/α,β-unsaturated/α-hetero) is 1. The number of esters is 1. The Bertz CT molecular complexity index is 683. The molecule has 22 heavy (non-hydrogen) atoms. The number of carbonyl (C=O) groups excluding carboxylic acids is 2. The van der Waals surface area contributed by atoms with Crippen LogP contribution in [-0.2, 0) is 4.74 Å². The van der Waals surface area contributed by atoms with Gasteiger partial charge >= 0.3 is 5.97 Å². The smallest absolute Gasteiger partial charge is 0.338 e. The number of benzene rings is 1. The molecule has 0 unspecified atom stereocenters. The molecule has 0 bridgehead atoms. The average molecular weight is 319 g/mol. The molecular formula is C17H17ClNO3+. The number of hydrogen-bond donors (Lipinski definition) is 0. The van der Waals surface area contributed by atoms with Crippen LogP contribution in [0.25, 0.3) is 0 Å². The first-order valence-electron chi connectivity index (χ1n) is 7.00. The number of nitrogens with zero attached hydrogens (tertiary/aromatic N) is 1. The maximum atomic E-state index is 12.4. The van der Waals surface area contributed by atoms with Gasteiger partial charge in [0.15, 0.2) is 12.4 Å². The zero-order chi connectivity index (χ0) is 16.1. The maximum Gasteiger partial charge on any atom is 0.338 e. The van der Waals surface area contributed by atoms with Gasteiger partial charge in [-0.3, -0.25) is 4.79 Å². The molecule has 2 aromatic rings. The van der Waals surface area contributed by atoms with E-state index in [2.05, 4.69) is 0 Å². The third-order valence-electron chi connectivity index (χ3n) is 3.30. The van der Waals surface area contributed by atoms with E-state index in [0.29, 0.717) is 22.8 Å². The molecule has 1 heterocycles. The minimum atomic E-state index is -0.394. The van der Waals surface area contributed by atoms with Crippen molar-refractivity contribution < 1.29 is 18.9 Å². The Kier molecular flexibility index (Phi) is 5.28. The van der Waals surface area contributed by atoms with Crippen molar-refractivity contribution in [3.8, 4) is 0 Å². The topological polar surface area (TPSA) is 47.2 Å². The Hall–Kier alpha value is -2.20. The molecule has 0 aliphatic carbocycles. The van der Waals surface area contributed by atoms with Gasteiger partial charge in [-0.2, -0.15) is 4.57 Å². The Labute approximate surface area is 134 Å². The van der Waals surface area contributed by atoms with Gasteiger partial charge in [-0.15, -0.1) is 0 Å². The summed E-state index contributed by atoms with van der Waals surface area (Å²) < 4.78 is 6.67. The van der Waals surface area contributed by atoms with Crippen LogP contribution in [0.3, 0.4) is 0 Å². The molecule has 0 N–H and O–H groups in total. The molecule has 1 aromatic carbocycles. The van der Waals surface area contributed by atoms with Crippen molar-refractivity contribution in [2.75, 3.05) is 6.61 Å². The van der Waals surface area contributed by atoms with Crippen molar-refractivity contribution in [3.05, 3.63) is 64.9 Å². The van der Waals surface area contributed by atoms with Gasteiger partial charge in [-0.05, 0) is 19.1 Å². The first-order valence-corrected chi connectivity index (χ1v) is 7.38. The second-order valence-electron chi connectivity index (χ2n) is 4.81. The number of halogens is 1. The van der Waals surface area contributed by atoms with Crippen molar-refractivity contribution in [2.24, 2.45) is 0 Å². The zero-order valence-corrected chi connectivity index (χ0v) is 13.2. The lowest BCUT2D eigenvalue weighted by Crippen LogP contribution is -2.41. The highest BCUT2D eigenvalue weighted by Gasteiger charge is 2.24. The lowest BCUT2D eigenvalue weighted by Gasteiger charge is -2.07. The highest BCUT2D eigenvalue weighted by atomic mass is 35.5. The van der Waals surface area contributed by atoms with Crippen molar-refractivity contribution in [1.82, 2.24) is 0 Å².